The second-order valence-corrected chi connectivity index (χ2v) is 8.10. The average Bonchev–Trinajstić information content (AvgIpc) is 3.54. The Balaban J connectivity index is 1.49. The van der Waals surface area contributed by atoms with E-state index in [1.807, 2.05) is 42.5 Å². The van der Waals surface area contributed by atoms with Crippen molar-refractivity contribution in [2.24, 2.45) is 11.7 Å². The average molecular weight is 417 g/mol. The minimum Gasteiger partial charge on any atom is -0.447 e. The summed E-state index contributed by atoms with van der Waals surface area (Å²) in [6.45, 7) is 3.08. The Labute approximate surface area is 179 Å². The molecule has 2 heterocycles. The molecule has 3 aromatic rings. The van der Waals surface area contributed by atoms with Gasteiger partial charge in [0, 0.05) is 17.1 Å². The minimum atomic E-state index is -0.597. The highest BCUT2D eigenvalue weighted by Gasteiger charge is 2.29. The molecule has 31 heavy (non-hydrogen) atoms. The SMILES string of the molecule is CC(Nc1c(C(N)=O)nnc2cc(-c3ccc(N4CCOC4=O)cc3)ccc12)C1CC1. The molecule has 8 heteroatoms. The zero-order valence-corrected chi connectivity index (χ0v) is 17.2. The van der Waals surface area contributed by atoms with Gasteiger partial charge in [0.2, 0.25) is 0 Å². The number of nitrogens with one attached hydrogen (secondary N) is 1. The largest absolute Gasteiger partial charge is 0.447 e. The van der Waals surface area contributed by atoms with Crippen LogP contribution in [0.15, 0.2) is 42.5 Å². The van der Waals surface area contributed by atoms with Crippen molar-refractivity contribution in [3.63, 3.8) is 0 Å². The number of carbonyl (C=O) groups excluding carboxylic acids is 2. The van der Waals surface area contributed by atoms with E-state index in [0.717, 1.165) is 22.2 Å². The third-order valence-corrected chi connectivity index (χ3v) is 5.97. The number of aromatic nitrogens is 2. The summed E-state index contributed by atoms with van der Waals surface area (Å²) in [7, 11) is 0. The van der Waals surface area contributed by atoms with Crippen molar-refractivity contribution >= 4 is 34.3 Å². The molecule has 1 atom stereocenters. The zero-order valence-electron chi connectivity index (χ0n) is 17.2. The van der Waals surface area contributed by atoms with Crippen LogP contribution in [0.25, 0.3) is 22.0 Å². The van der Waals surface area contributed by atoms with E-state index in [9.17, 15) is 9.59 Å². The highest BCUT2D eigenvalue weighted by atomic mass is 16.6. The number of primary amides is 1. The summed E-state index contributed by atoms with van der Waals surface area (Å²) in [5, 5.41) is 12.6. The zero-order chi connectivity index (χ0) is 21.5. The lowest BCUT2D eigenvalue weighted by molar-refractivity contribution is 0.0995. The van der Waals surface area contributed by atoms with Gasteiger partial charge in [0.15, 0.2) is 5.69 Å². The monoisotopic (exact) mass is 417 g/mol. The van der Waals surface area contributed by atoms with Crippen LogP contribution < -0.4 is 16.0 Å². The van der Waals surface area contributed by atoms with Gasteiger partial charge in [-0.3, -0.25) is 9.69 Å². The molecule has 2 aromatic carbocycles. The molecule has 0 radical (unpaired) electrons. The van der Waals surface area contributed by atoms with E-state index in [1.165, 1.54) is 12.8 Å². The van der Waals surface area contributed by atoms with Gasteiger partial charge in [0.25, 0.3) is 5.91 Å². The normalized spacial score (nSPS) is 16.9. The van der Waals surface area contributed by atoms with Gasteiger partial charge in [-0.1, -0.05) is 18.2 Å². The number of carbonyl (C=O) groups is 2. The number of ether oxygens (including phenoxy) is 1. The molecule has 1 aromatic heterocycles. The van der Waals surface area contributed by atoms with Gasteiger partial charge in [0.1, 0.15) is 6.61 Å². The number of amides is 2. The number of anilines is 2. The molecule has 1 aliphatic heterocycles. The summed E-state index contributed by atoms with van der Waals surface area (Å²) >= 11 is 0. The maximum atomic E-state index is 11.9. The molecule has 1 unspecified atom stereocenters. The van der Waals surface area contributed by atoms with Crippen LogP contribution in [0.4, 0.5) is 16.2 Å². The standard InChI is InChI=1S/C23H23N5O3/c1-13(14-2-3-14)25-20-18-9-6-16(12-19(18)26-27-21(20)22(24)29)15-4-7-17(8-5-15)28-10-11-31-23(28)30/h4-9,12-14H,2-3,10-11H2,1H3,(H2,24,29)(H,25,26). The molecule has 5 rings (SSSR count). The summed E-state index contributed by atoms with van der Waals surface area (Å²) in [5.41, 5.74) is 9.79. The summed E-state index contributed by atoms with van der Waals surface area (Å²) < 4.78 is 5.00. The lowest BCUT2D eigenvalue weighted by Gasteiger charge is -2.18. The number of hydrogen-bond donors (Lipinski definition) is 2. The first-order valence-electron chi connectivity index (χ1n) is 10.4. The number of benzene rings is 2. The van der Waals surface area contributed by atoms with E-state index in [0.29, 0.717) is 30.3 Å². The van der Waals surface area contributed by atoms with Gasteiger partial charge in [-0.05, 0) is 61.1 Å². The number of cyclic esters (lactones) is 1. The van der Waals surface area contributed by atoms with Crippen molar-refractivity contribution in [2.45, 2.75) is 25.8 Å². The molecular weight excluding hydrogens is 394 g/mol. The second kappa shape index (κ2) is 7.54. The lowest BCUT2D eigenvalue weighted by Crippen LogP contribution is -2.23. The van der Waals surface area contributed by atoms with Crippen molar-refractivity contribution in [3.05, 3.63) is 48.2 Å². The van der Waals surface area contributed by atoms with Crippen LogP contribution in [-0.4, -0.2) is 41.4 Å². The minimum absolute atomic E-state index is 0.162. The number of rotatable bonds is 6. The van der Waals surface area contributed by atoms with Crippen molar-refractivity contribution in [2.75, 3.05) is 23.4 Å². The summed E-state index contributed by atoms with van der Waals surface area (Å²) in [6, 6.07) is 13.8. The Hall–Kier alpha value is -3.68. The maximum absolute atomic E-state index is 11.9. The Morgan fingerprint density at radius 3 is 2.55 bits per heavy atom. The van der Waals surface area contributed by atoms with E-state index in [4.69, 9.17) is 10.5 Å². The van der Waals surface area contributed by atoms with E-state index in [2.05, 4.69) is 22.4 Å². The molecular formula is C23H23N5O3. The first-order chi connectivity index (χ1) is 15.0. The van der Waals surface area contributed by atoms with Gasteiger partial charge in [0.05, 0.1) is 17.7 Å². The Kier molecular flexibility index (Phi) is 4.69. The van der Waals surface area contributed by atoms with Crippen molar-refractivity contribution in [1.82, 2.24) is 10.2 Å². The fourth-order valence-electron chi connectivity index (χ4n) is 4.01. The highest BCUT2D eigenvalue weighted by Crippen LogP contribution is 2.36. The van der Waals surface area contributed by atoms with Gasteiger partial charge in [-0.2, -0.15) is 0 Å². The number of nitrogens with two attached hydrogens (primary N) is 1. The fourth-order valence-corrected chi connectivity index (χ4v) is 4.01. The van der Waals surface area contributed by atoms with Crippen molar-refractivity contribution in [1.29, 1.82) is 0 Å². The third-order valence-electron chi connectivity index (χ3n) is 5.97. The molecule has 1 saturated carbocycles. The van der Waals surface area contributed by atoms with Crippen LogP contribution in [0, 0.1) is 5.92 Å². The predicted molar refractivity (Wildman–Crippen MR) is 118 cm³/mol. The van der Waals surface area contributed by atoms with Gasteiger partial charge in [-0.15, -0.1) is 10.2 Å². The van der Waals surface area contributed by atoms with Gasteiger partial charge >= 0.3 is 6.09 Å². The molecule has 158 valence electrons. The molecule has 2 aliphatic rings. The molecule has 3 N–H and O–H groups in total. The van der Waals surface area contributed by atoms with Crippen LogP contribution in [0.5, 0.6) is 0 Å². The van der Waals surface area contributed by atoms with Crippen LogP contribution in [-0.2, 0) is 4.74 Å². The van der Waals surface area contributed by atoms with Crippen LogP contribution in [0.2, 0.25) is 0 Å². The molecule has 2 fully saturated rings. The molecule has 2 amide bonds. The number of hydrogen-bond acceptors (Lipinski definition) is 6. The van der Waals surface area contributed by atoms with Crippen molar-refractivity contribution < 1.29 is 14.3 Å². The topological polar surface area (TPSA) is 110 Å². The smallest absolute Gasteiger partial charge is 0.414 e. The predicted octanol–water partition coefficient (Wildman–Crippen LogP) is 3.56. The van der Waals surface area contributed by atoms with E-state index < -0.39 is 5.91 Å². The van der Waals surface area contributed by atoms with Crippen LogP contribution in [0.3, 0.4) is 0 Å². The fraction of sp³-hybridized carbons (Fsp3) is 0.304. The molecule has 0 spiro atoms. The number of nitrogens with zero attached hydrogens (tertiary/aromatic N) is 3. The molecule has 1 aliphatic carbocycles. The summed E-state index contributed by atoms with van der Waals surface area (Å²) in [4.78, 5) is 25.3. The molecule has 1 saturated heterocycles. The second-order valence-electron chi connectivity index (χ2n) is 8.10. The van der Waals surface area contributed by atoms with Crippen LogP contribution >= 0.6 is 0 Å². The van der Waals surface area contributed by atoms with E-state index >= 15 is 0 Å². The Morgan fingerprint density at radius 1 is 1.16 bits per heavy atom. The summed E-state index contributed by atoms with van der Waals surface area (Å²) in [5.74, 6) is 0.00891. The first-order valence-corrected chi connectivity index (χ1v) is 10.4. The Bertz CT molecular complexity index is 1170. The third kappa shape index (κ3) is 3.65. The van der Waals surface area contributed by atoms with E-state index in [1.54, 1.807) is 4.90 Å². The highest BCUT2D eigenvalue weighted by molar-refractivity contribution is 6.05. The number of fused-ring (bicyclic) bond motifs is 1. The van der Waals surface area contributed by atoms with Crippen molar-refractivity contribution in [3.8, 4) is 11.1 Å². The molecule has 8 nitrogen and oxygen atoms in total. The van der Waals surface area contributed by atoms with Gasteiger partial charge in [-0.25, -0.2) is 4.79 Å². The van der Waals surface area contributed by atoms with Crippen LogP contribution in [0.1, 0.15) is 30.3 Å². The maximum Gasteiger partial charge on any atom is 0.414 e. The first kappa shape index (κ1) is 19.3. The molecule has 0 bridgehead atoms. The van der Waals surface area contributed by atoms with E-state index in [-0.39, 0.29) is 17.8 Å². The quantitative estimate of drug-likeness (QED) is 0.634. The summed E-state index contributed by atoms with van der Waals surface area (Å²) in [6.07, 6.45) is 2.05. The van der Waals surface area contributed by atoms with Gasteiger partial charge < -0.3 is 15.8 Å². The lowest BCUT2D eigenvalue weighted by atomic mass is 10.0. The Morgan fingerprint density at radius 2 is 1.90 bits per heavy atom.